The summed E-state index contributed by atoms with van der Waals surface area (Å²) in [6, 6.07) is 19.8. The van der Waals surface area contributed by atoms with Crippen molar-refractivity contribution in [3.05, 3.63) is 86.8 Å². The molecule has 3 aromatic carbocycles. The predicted molar refractivity (Wildman–Crippen MR) is 132 cm³/mol. The number of halogens is 3. The molecule has 0 saturated carbocycles. The summed E-state index contributed by atoms with van der Waals surface area (Å²) >= 11 is 9.53. The highest BCUT2D eigenvalue weighted by atomic mass is 79.9. The zero-order chi connectivity index (χ0) is 21.3. The Morgan fingerprint density at radius 1 is 0.806 bits per heavy atom. The minimum Gasteiger partial charge on any atom is -0.493 e. The Hall–Kier alpha value is -1.92. The highest BCUT2D eigenvalue weighted by Crippen LogP contribution is 2.28. The van der Waals surface area contributed by atoms with Crippen molar-refractivity contribution in [2.75, 3.05) is 20.8 Å². The van der Waals surface area contributed by atoms with Gasteiger partial charge in [-0.25, -0.2) is 0 Å². The van der Waals surface area contributed by atoms with Crippen LogP contribution in [0.15, 0.2) is 65.1 Å². The Morgan fingerprint density at radius 2 is 1.45 bits per heavy atom. The van der Waals surface area contributed by atoms with Crippen molar-refractivity contribution in [1.82, 2.24) is 5.32 Å². The molecular formula is C24H26BrCl2NO3. The van der Waals surface area contributed by atoms with Gasteiger partial charge in [-0.05, 0) is 82.0 Å². The molecule has 0 fully saturated rings. The molecule has 166 valence electrons. The number of hydrogen-bond donors (Lipinski definition) is 1. The van der Waals surface area contributed by atoms with E-state index in [1.165, 1.54) is 11.1 Å². The summed E-state index contributed by atoms with van der Waals surface area (Å²) in [6.07, 6.45) is 0.907. The molecule has 3 rings (SSSR count). The average molecular weight is 527 g/mol. The lowest BCUT2D eigenvalue weighted by Gasteiger charge is -2.11. The van der Waals surface area contributed by atoms with Crippen LogP contribution in [-0.4, -0.2) is 20.8 Å². The van der Waals surface area contributed by atoms with Gasteiger partial charge < -0.3 is 19.5 Å². The van der Waals surface area contributed by atoms with E-state index in [0.29, 0.717) is 6.61 Å². The summed E-state index contributed by atoms with van der Waals surface area (Å²) in [4.78, 5) is 0. The van der Waals surface area contributed by atoms with E-state index >= 15 is 0 Å². The number of hydrogen-bond acceptors (Lipinski definition) is 4. The molecule has 0 amide bonds. The van der Waals surface area contributed by atoms with Crippen LogP contribution in [0.2, 0.25) is 5.02 Å². The van der Waals surface area contributed by atoms with Crippen molar-refractivity contribution in [3.8, 4) is 17.2 Å². The Labute approximate surface area is 203 Å². The largest absolute Gasteiger partial charge is 0.493 e. The van der Waals surface area contributed by atoms with Crippen LogP contribution in [0, 0.1) is 0 Å². The summed E-state index contributed by atoms with van der Waals surface area (Å²) < 4.78 is 17.5. The normalized spacial score (nSPS) is 10.3. The molecule has 0 aromatic heterocycles. The summed E-state index contributed by atoms with van der Waals surface area (Å²) in [5.41, 5.74) is 3.47. The van der Waals surface area contributed by atoms with E-state index in [1.807, 2.05) is 42.5 Å². The lowest BCUT2D eigenvalue weighted by atomic mass is 10.1. The van der Waals surface area contributed by atoms with Crippen LogP contribution in [0.5, 0.6) is 17.2 Å². The maximum absolute atomic E-state index is 5.92. The second-order valence-corrected chi connectivity index (χ2v) is 8.09. The minimum absolute atomic E-state index is 0. The average Bonchev–Trinajstić information content (AvgIpc) is 2.77. The van der Waals surface area contributed by atoms with Gasteiger partial charge in [0, 0.05) is 11.6 Å². The van der Waals surface area contributed by atoms with E-state index < -0.39 is 0 Å². The van der Waals surface area contributed by atoms with E-state index in [4.69, 9.17) is 25.8 Å². The summed E-state index contributed by atoms with van der Waals surface area (Å²) in [5.74, 6) is 2.32. The van der Waals surface area contributed by atoms with Crippen LogP contribution >= 0.6 is 39.9 Å². The SMILES string of the molecule is COc1ccc(CCNCc2ccc(OCc3ccc(Cl)cc3)c(Br)c2)cc1OC.Cl. The maximum Gasteiger partial charge on any atom is 0.160 e. The van der Waals surface area contributed by atoms with Crippen LogP contribution in [0.1, 0.15) is 16.7 Å². The van der Waals surface area contributed by atoms with Gasteiger partial charge in [0.15, 0.2) is 11.5 Å². The molecule has 7 heteroatoms. The van der Waals surface area contributed by atoms with Gasteiger partial charge in [0.1, 0.15) is 12.4 Å². The van der Waals surface area contributed by atoms with Crippen LogP contribution in [-0.2, 0) is 19.6 Å². The van der Waals surface area contributed by atoms with Gasteiger partial charge >= 0.3 is 0 Å². The van der Waals surface area contributed by atoms with Gasteiger partial charge in [-0.2, -0.15) is 0 Å². The molecule has 4 nitrogen and oxygen atoms in total. The third kappa shape index (κ3) is 7.62. The Morgan fingerprint density at radius 3 is 2.13 bits per heavy atom. The van der Waals surface area contributed by atoms with Crippen LogP contribution < -0.4 is 19.5 Å². The molecule has 0 unspecified atom stereocenters. The first-order valence-electron chi connectivity index (χ1n) is 9.66. The molecule has 0 saturated heterocycles. The monoisotopic (exact) mass is 525 g/mol. The fraction of sp³-hybridized carbons (Fsp3) is 0.250. The molecule has 0 aliphatic heterocycles. The summed E-state index contributed by atoms with van der Waals surface area (Å²) in [7, 11) is 3.30. The van der Waals surface area contributed by atoms with Crippen LogP contribution in [0.25, 0.3) is 0 Å². The minimum atomic E-state index is 0. The smallest absolute Gasteiger partial charge is 0.160 e. The van der Waals surface area contributed by atoms with E-state index in [-0.39, 0.29) is 12.4 Å². The Bertz CT molecular complexity index is 968. The van der Waals surface area contributed by atoms with Gasteiger partial charge in [0.2, 0.25) is 0 Å². The first-order chi connectivity index (χ1) is 14.6. The van der Waals surface area contributed by atoms with Crippen LogP contribution in [0.3, 0.4) is 0 Å². The van der Waals surface area contributed by atoms with Crippen LogP contribution in [0.4, 0.5) is 0 Å². The third-order valence-electron chi connectivity index (χ3n) is 4.67. The molecule has 3 aromatic rings. The van der Waals surface area contributed by atoms with Crippen molar-refractivity contribution in [1.29, 1.82) is 0 Å². The zero-order valence-electron chi connectivity index (χ0n) is 17.5. The topological polar surface area (TPSA) is 39.7 Å². The fourth-order valence-corrected chi connectivity index (χ4v) is 3.68. The summed E-state index contributed by atoms with van der Waals surface area (Å²) in [6.45, 7) is 2.14. The van der Waals surface area contributed by atoms with Crippen molar-refractivity contribution < 1.29 is 14.2 Å². The van der Waals surface area contributed by atoms with E-state index in [9.17, 15) is 0 Å². The molecule has 1 N–H and O–H groups in total. The van der Waals surface area contributed by atoms with Crippen molar-refractivity contribution in [2.24, 2.45) is 0 Å². The quantitative estimate of drug-likeness (QED) is 0.308. The molecule has 0 heterocycles. The van der Waals surface area contributed by atoms with Crippen molar-refractivity contribution in [2.45, 2.75) is 19.6 Å². The molecule has 0 aliphatic carbocycles. The second kappa shape index (κ2) is 12.8. The molecule has 0 atom stereocenters. The van der Waals surface area contributed by atoms with E-state index in [0.717, 1.165) is 51.8 Å². The molecule has 0 bridgehead atoms. The second-order valence-electron chi connectivity index (χ2n) is 6.80. The van der Waals surface area contributed by atoms with E-state index in [2.05, 4.69) is 39.4 Å². The van der Waals surface area contributed by atoms with Gasteiger partial charge in [-0.1, -0.05) is 35.9 Å². The molecule has 0 spiro atoms. The highest BCUT2D eigenvalue weighted by molar-refractivity contribution is 9.10. The van der Waals surface area contributed by atoms with E-state index in [1.54, 1.807) is 14.2 Å². The predicted octanol–water partition coefficient (Wildman–Crippen LogP) is 6.45. The van der Waals surface area contributed by atoms with Crippen molar-refractivity contribution >= 4 is 39.9 Å². The number of nitrogens with one attached hydrogen (secondary N) is 1. The number of ether oxygens (including phenoxy) is 3. The Balaban J connectivity index is 0.00000341. The number of rotatable bonds is 10. The van der Waals surface area contributed by atoms with Crippen molar-refractivity contribution in [3.63, 3.8) is 0 Å². The molecule has 0 aliphatic rings. The van der Waals surface area contributed by atoms with Gasteiger partial charge in [0.25, 0.3) is 0 Å². The van der Waals surface area contributed by atoms with Gasteiger partial charge in [-0.3, -0.25) is 0 Å². The molecular weight excluding hydrogens is 501 g/mol. The third-order valence-corrected chi connectivity index (χ3v) is 5.54. The molecule has 31 heavy (non-hydrogen) atoms. The highest BCUT2D eigenvalue weighted by Gasteiger charge is 2.06. The first kappa shape index (κ1) is 25.3. The fourth-order valence-electron chi connectivity index (χ4n) is 3.01. The Kier molecular flexibility index (Phi) is 10.5. The standard InChI is InChI=1S/C24H25BrClNO3.ClH/c1-28-23-10-5-17(14-24(23)29-2)11-12-27-15-19-6-9-22(21(25)13-19)30-16-18-3-7-20(26)8-4-18;/h3-10,13-14,27H,11-12,15-16H2,1-2H3;1H. The lowest BCUT2D eigenvalue weighted by Crippen LogP contribution is -2.16. The van der Waals surface area contributed by atoms with Gasteiger partial charge in [-0.15, -0.1) is 12.4 Å². The zero-order valence-corrected chi connectivity index (χ0v) is 20.6. The first-order valence-corrected chi connectivity index (χ1v) is 10.8. The van der Waals surface area contributed by atoms with Gasteiger partial charge in [0.05, 0.1) is 18.7 Å². The number of methoxy groups -OCH3 is 2. The lowest BCUT2D eigenvalue weighted by molar-refractivity contribution is 0.304. The number of benzene rings is 3. The maximum atomic E-state index is 5.92. The summed E-state index contributed by atoms with van der Waals surface area (Å²) in [5, 5.41) is 4.20. The molecule has 0 radical (unpaired) electrons.